The van der Waals surface area contributed by atoms with Crippen molar-refractivity contribution in [1.82, 2.24) is 9.29 Å². The number of Topliss-reactive ketones (excluding diaryl/α,β-unsaturated/α-hetero) is 1. The van der Waals surface area contributed by atoms with Crippen LogP contribution in [0.1, 0.15) is 10.4 Å². The second kappa shape index (κ2) is 5.86. The normalized spacial score (nSPS) is 17.9. The maximum atomic E-state index is 13.1. The number of aromatic nitrogens is 1. The van der Waals surface area contributed by atoms with E-state index in [1.807, 2.05) is 12.1 Å². The molecule has 0 bridgehead atoms. The smallest absolute Gasteiger partial charge is 0.251 e. The van der Waals surface area contributed by atoms with Crippen molar-refractivity contribution in [2.45, 2.75) is 10.9 Å². The third kappa shape index (κ3) is 2.72. The number of anilines is 1. The molecule has 1 aromatic carbocycles. The molecule has 0 fully saturated rings. The Kier molecular flexibility index (Phi) is 3.91. The van der Waals surface area contributed by atoms with Gasteiger partial charge in [0.25, 0.3) is 5.91 Å². The van der Waals surface area contributed by atoms with Crippen molar-refractivity contribution in [3.05, 3.63) is 54.0 Å². The van der Waals surface area contributed by atoms with Crippen LogP contribution in [0.2, 0.25) is 0 Å². The van der Waals surface area contributed by atoms with Crippen LogP contribution in [-0.2, 0) is 4.79 Å². The molecule has 2 heterocycles. The first-order valence-electron chi connectivity index (χ1n) is 6.54. The summed E-state index contributed by atoms with van der Waals surface area (Å²) in [5.74, 6) is -1.44. The number of fused-ring (bicyclic) bond motifs is 1. The summed E-state index contributed by atoms with van der Waals surface area (Å²) in [6.45, 7) is 0. The van der Waals surface area contributed by atoms with Gasteiger partial charge in [-0.25, -0.2) is 9.29 Å². The Morgan fingerprint density at radius 3 is 2.82 bits per heavy atom. The molecular weight excluding hydrogens is 305 g/mol. The zero-order valence-electron chi connectivity index (χ0n) is 11.6. The van der Waals surface area contributed by atoms with Gasteiger partial charge in [0.15, 0.2) is 11.8 Å². The van der Waals surface area contributed by atoms with Gasteiger partial charge >= 0.3 is 0 Å². The molecule has 1 amide bonds. The van der Waals surface area contributed by atoms with Crippen molar-refractivity contribution in [2.24, 2.45) is 0 Å². The number of rotatable bonds is 2. The summed E-state index contributed by atoms with van der Waals surface area (Å²) < 4.78 is 14.6. The van der Waals surface area contributed by atoms with E-state index < -0.39 is 17.9 Å². The lowest BCUT2D eigenvalue weighted by atomic mass is 10.0. The lowest BCUT2D eigenvalue weighted by Crippen LogP contribution is -2.46. The van der Waals surface area contributed by atoms with Crippen LogP contribution in [0.5, 0.6) is 0 Å². The number of amides is 1. The van der Waals surface area contributed by atoms with Crippen molar-refractivity contribution in [2.75, 3.05) is 12.4 Å². The fraction of sp³-hybridized carbons (Fsp3) is 0.133. The zero-order chi connectivity index (χ0) is 15.7. The molecule has 0 radical (unpaired) electrons. The fourth-order valence-electron chi connectivity index (χ4n) is 2.23. The summed E-state index contributed by atoms with van der Waals surface area (Å²) in [5, 5.41) is 2.48. The third-order valence-corrected chi connectivity index (χ3v) is 4.27. The largest absolute Gasteiger partial charge is 0.309 e. The predicted molar refractivity (Wildman–Crippen MR) is 81.0 cm³/mol. The third-order valence-electron chi connectivity index (χ3n) is 3.22. The second-order valence-electron chi connectivity index (χ2n) is 4.74. The Morgan fingerprint density at radius 1 is 1.27 bits per heavy atom. The van der Waals surface area contributed by atoms with Crippen molar-refractivity contribution >= 4 is 29.5 Å². The Balaban J connectivity index is 1.85. The molecule has 22 heavy (non-hydrogen) atoms. The van der Waals surface area contributed by atoms with Crippen LogP contribution < -0.4 is 5.32 Å². The highest BCUT2D eigenvalue weighted by molar-refractivity contribution is 7.97. The van der Waals surface area contributed by atoms with E-state index in [0.717, 1.165) is 4.90 Å². The van der Waals surface area contributed by atoms with E-state index in [2.05, 4.69) is 10.3 Å². The number of carbonyl (C=O) groups is 2. The maximum Gasteiger partial charge on any atom is 0.251 e. The Labute approximate surface area is 130 Å². The summed E-state index contributed by atoms with van der Waals surface area (Å²) in [6.07, 6.45) is 0. The first-order valence-corrected chi connectivity index (χ1v) is 7.31. The van der Waals surface area contributed by atoms with E-state index in [4.69, 9.17) is 0 Å². The summed E-state index contributed by atoms with van der Waals surface area (Å²) in [6, 6.07) is 10.2. The number of hydrogen-bond acceptors (Lipinski definition) is 5. The van der Waals surface area contributed by atoms with Gasteiger partial charge in [0.1, 0.15) is 5.82 Å². The molecule has 0 spiro atoms. The SMILES string of the molecule is CN1Sc2ccccc2C(=O)C1C(=O)Nc1cccc(F)n1. The van der Waals surface area contributed by atoms with Gasteiger partial charge < -0.3 is 5.32 Å². The first-order chi connectivity index (χ1) is 10.6. The molecule has 0 saturated heterocycles. The number of nitrogens with zero attached hydrogens (tertiary/aromatic N) is 2. The average molecular weight is 317 g/mol. The Hall–Kier alpha value is -2.25. The fourth-order valence-corrected chi connectivity index (χ4v) is 3.24. The summed E-state index contributed by atoms with van der Waals surface area (Å²) >= 11 is 1.32. The van der Waals surface area contributed by atoms with Crippen molar-refractivity contribution in [1.29, 1.82) is 0 Å². The lowest BCUT2D eigenvalue weighted by molar-refractivity contribution is -0.118. The Morgan fingerprint density at radius 2 is 2.05 bits per heavy atom. The molecular formula is C15H12FN3O2S. The number of ketones is 1. The van der Waals surface area contributed by atoms with Crippen LogP contribution >= 0.6 is 11.9 Å². The molecule has 7 heteroatoms. The minimum Gasteiger partial charge on any atom is -0.309 e. The standard InChI is InChI=1S/C15H12FN3O2S/c1-19-13(14(20)9-5-2-3-6-10(9)22-19)15(21)18-12-8-4-7-11(16)17-12/h2-8,13H,1H3,(H,17,18,21). The van der Waals surface area contributed by atoms with Gasteiger partial charge in [-0.05, 0) is 37.2 Å². The molecule has 1 aromatic heterocycles. The zero-order valence-corrected chi connectivity index (χ0v) is 12.4. The van der Waals surface area contributed by atoms with Crippen molar-refractivity contribution < 1.29 is 14.0 Å². The first kappa shape index (κ1) is 14.7. The highest BCUT2D eigenvalue weighted by Crippen LogP contribution is 2.33. The molecule has 5 nitrogen and oxygen atoms in total. The minimum atomic E-state index is -0.982. The van der Waals surface area contributed by atoms with Crippen LogP contribution in [0.3, 0.4) is 0 Å². The summed E-state index contributed by atoms with van der Waals surface area (Å²) in [5.41, 5.74) is 0.512. The molecule has 1 aliphatic rings. The van der Waals surface area contributed by atoms with Gasteiger partial charge in [-0.2, -0.15) is 4.39 Å². The summed E-state index contributed by atoms with van der Waals surface area (Å²) in [4.78, 5) is 29.3. The quantitative estimate of drug-likeness (QED) is 0.523. The number of likely N-dealkylation sites (N-methyl/N-ethyl adjacent to an activating group) is 1. The van der Waals surface area contributed by atoms with E-state index in [9.17, 15) is 14.0 Å². The van der Waals surface area contributed by atoms with Gasteiger partial charge in [0.05, 0.1) is 0 Å². The van der Waals surface area contributed by atoms with Crippen molar-refractivity contribution in [3.8, 4) is 0 Å². The van der Waals surface area contributed by atoms with E-state index >= 15 is 0 Å². The van der Waals surface area contributed by atoms with Gasteiger partial charge in [-0.3, -0.25) is 9.59 Å². The molecule has 1 atom stereocenters. The number of pyridine rings is 1. The van der Waals surface area contributed by atoms with Gasteiger partial charge in [0.2, 0.25) is 5.95 Å². The Bertz CT molecular complexity index is 753. The van der Waals surface area contributed by atoms with E-state index in [-0.39, 0.29) is 11.6 Å². The highest BCUT2D eigenvalue weighted by Gasteiger charge is 2.37. The number of carbonyl (C=O) groups excluding carboxylic acids is 2. The van der Waals surface area contributed by atoms with Crippen LogP contribution in [0.15, 0.2) is 47.4 Å². The van der Waals surface area contributed by atoms with Gasteiger partial charge in [-0.1, -0.05) is 24.3 Å². The number of halogens is 1. The molecule has 3 rings (SSSR count). The predicted octanol–water partition coefficient (Wildman–Crippen LogP) is 2.36. The number of nitrogens with one attached hydrogen (secondary N) is 1. The number of benzene rings is 1. The monoisotopic (exact) mass is 317 g/mol. The minimum absolute atomic E-state index is 0.0788. The highest BCUT2D eigenvalue weighted by atomic mass is 32.2. The van der Waals surface area contributed by atoms with Gasteiger partial charge in [0, 0.05) is 10.5 Å². The second-order valence-corrected chi connectivity index (χ2v) is 5.93. The van der Waals surface area contributed by atoms with E-state index in [1.165, 1.54) is 30.1 Å². The van der Waals surface area contributed by atoms with Crippen LogP contribution in [-0.4, -0.2) is 34.1 Å². The van der Waals surface area contributed by atoms with Crippen LogP contribution in [0.4, 0.5) is 10.2 Å². The molecule has 0 saturated carbocycles. The summed E-state index contributed by atoms with van der Waals surface area (Å²) in [7, 11) is 1.67. The molecule has 0 aliphatic carbocycles. The average Bonchev–Trinajstić information content (AvgIpc) is 2.47. The van der Waals surface area contributed by atoms with Gasteiger partial charge in [-0.15, -0.1) is 0 Å². The lowest BCUT2D eigenvalue weighted by Gasteiger charge is -2.30. The van der Waals surface area contributed by atoms with E-state index in [1.54, 1.807) is 23.5 Å². The molecule has 2 aromatic rings. The van der Waals surface area contributed by atoms with E-state index in [0.29, 0.717) is 5.56 Å². The molecule has 1 N–H and O–H groups in total. The van der Waals surface area contributed by atoms with Crippen LogP contribution in [0, 0.1) is 5.95 Å². The molecule has 1 unspecified atom stereocenters. The molecule has 112 valence electrons. The maximum absolute atomic E-state index is 13.1. The molecule has 1 aliphatic heterocycles. The van der Waals surface area contributed by atoms with Crippen molar-refractivity contribution in [3.63, 3.8) is 0 Å². The topological polar surface area (TPSA) is 62.3 Å². The number of hydrogen-bond donors (Lipinski definition) is 1. The van der Waals surface area contributed by atoms with Crippen LogP contribution in [0.25, 0.3) is 0 Å².